The highest BCUT2D eigenvalue weighted by Gasteiger charge is 2.44. The molecule has 0 aliphatic carbocycles. The fourth-order valence-electron chi connectivity index (χ4n) is 3.38. The van der Waals surface area contributed by atoms with E-state index >= 15 is 0 Å². The van der Waals surface area contributed by atoms with Crippen molar-refractivity contribution < 1.29 is 14.0 Å². The van der Waals surface area contributed by atoms with Gasteiger partial charge in [0.15, 0.2) is 0 Å². The largest absolute Gasteiger partial charge is 0.464 e. The lowest BCUT2D eigenvalue weighted by Crippen LogP contribution is -2.48. The van der Waals surface area contributed by atoms with Crippen LogP contribution < -0.4 is 5.32 Å². The average Bonchev–Trinajstić information content (AvgIpc) is 3.47. The summed E-state index contributed by atoms with van der Waals surface area (Å²) >= 11 is 2.89. The zero-order chi connectivity index (χ0) is 20.3. The quantitative estimate of drug-likeness (QED) is 0.431. The maximum Gasteiger partial charge on any atom is 0.234 e. The molecule has 0 radical (unpaired) electrons. The molecule has 4 aromatic rings. The molecule has 1 aromatic carbocycles. The standard InChI is InChI=1S/C21H19N3O3S2/c1-14(25)21(7-17-10-28-12-23-17,8-18-11-29-13-24-18)20(26)22-9-15-2-3-19-16(6-15)4-5-27-19/h2-6,10-13H,7-9H2,1H3,(H,22,26). The van der Waals surface area contributed by atoms with E-state index in [9.17, 15) is 9.59 Å². The van der Waals surface area contributed by atoms with Crippen molar-refractivity contribution in [2.75, 3.05) is 0 Å². The lowest BCUT2D eigenvalue weighted by atomic mass is 9.75. The minimum Gasteiger partial charge on any atom is -0.464 e. The monoisotopic (exact) mass is 425 g/mol. The highest BCUT2D eigenvalue weighted by molar-refractivity contribution is 7.07. The number of hydrogen-bond acceptors (Lipinski definition) is 7. The molecule has 0 aliphatic heterocycles. The molecule has 6 nitrogen and oxygen atoms in total. The number of ketones is 1. The second-order valence-electron chi connectivity index (χ2n) is 6.93. The summed E-state index contributed by atoms with van der Waals surface area (Å²) in [4.78, 5) is 34.7. The normalized spacial score (nSPS) is 11.6. The smallest absolute Gasteiger partial charge is 0.234 e. The third-order valence-corrected chi connectivity index (χ3v) is 6.28. The number of carbonyl (C=O) groups is 2. The Morgan fingerprint density at radius 3 is 2.34 bits per heavy atom. The topological polar surface area (TPSA) is 85.1 Å². The number of benzene rings is 1. The zero-order valence-electron chi connectivity index (χ0n) is 15.8. The number of fused-ring (bicyclic) bond motifs is 1. The Hall–Kier alpha value is -2.84. The second-order valence-corrected chi connectivity index (χ2v) is 8.36. The van der Waals surface area contributed by atoms with Gasteiger partial charge < -0.3 is 9.73 Å². The third kappa shape index (κ3) is 4.13. The summed E-state index contributed by atoms with van der Waals surface area (Å²) in [5.74, 6) is -0.500. The Morgan fingerprint density at radius 2 is 1.76 bits per heavy atom. The van der Waals surface area contributed by atoms with Crippen LogP contribution in [0.2, 0.25) is 0 Å². The van der Waals surface area contributed by atoms with Crippen LogP contribution in [0.25, 0.3) is 11.0 Å². The molecule has 0 atom stereocenters. The summed E-state index contributed by atoms with van der Waals surface area (Å²) < 4.78 is 5.36. The van der Waals surface area contributed by atoms with Crippen molar-refractivity contribution in [2.45, 2.75) is 26.3 Å². The summed E-state index contributed by atoms with van der Waals surface area (Å²) in [7, 11) is 0. The molecule has 8 heteroatoms. The second kappa shape index (κ2) is 8.26. The summed E-state index contributed by atoms with van der Waals surface area (Å²) in [5, 5.41) is 7.68. The lowest BCUT2D eigenvalue weighted by molar-refractivity contribution is -0.141. The van der Waals surface area contributed by atoms with Crippen LogP contribution in [0, 0.1) is 5.41 Å². The number of furan rings is 1. The molecule has 1 amide bonds. The van der Waals surface area contributed by atoms with Gasteiger partial charge in [-0.25, -0.2) is 9.97 Å². The molecule has 0 unspecified atom stereocenters. The number of rotatable bonds is 8. The average molecular weight is 426 g/mol. The minimum atomic E-state index is -1.25. The van der Waals surface area contributed by atoms with Gasteiger partial charge in [-0.05, 0) is 30.7 Å². The van der Waals surface area contributed by atoms with Gasteiger partial charge in [0.1, 0.15) is 16.8 Å². The van der Waals surface area contributed by atoms with Crippen molar-refractivity contribution >= 4 is 45.3 Å². The predicted molar refractivity (Wildman–Crippen MR) is 113 cm³/mol. The van der Waals surface area contributed by atoms with E-state index in [-0.39, 0.29) is 24.5 Å². The molecule has 0 fully saturated rings. The predicted octanol–water partition coefficient (Wildman–Crippen LogP) is 4.02. The molecule has 4 rings (SSSR count). The maximum atomic E-state index is 13.3. The van der Waals surface area contributed by atoms with Crippen LogP contribution in [0.5, 0.6) is 0 Å². The fraction of sp³-hybridized carbons (Fsp3) is 0.238. The van der Waals surface area contributed by atoms with Gasteiger partial charge >= 0.3 is 0 Å². The van der Waals surface area contributed by atoms with Crippen LogP contribution in [-0.2, 0) is 29.0 Å². The summed E-state index contributed by atoms with van der Waals surface area (Å²) in [6.07, 6.45) is 2.13. The minimum absolute atomic E-state index is 0.193. The van der Waals surface area contributed by atoms with Gasteiger partial charge in [-0.2, -0.15) is 0 Å². The molecule has 0 saturated heterocycles. The molecule has 148 valence electrons. The fourth-order valence-corrected chi connectivity index (χ4v) is 4.49. The molecule has 3 aromatic heterocycles. The number of nitrogens with one attached hydrogen (secondary N) is 1. The summed E-state index contributed by atoms with van der Waals surface area (Å²) in [6.45, 7) is 1.79. The van der Waals surface area contributed by atoms with Gasteiger partial charge in [-0.1, -0.05) is 6.07 Å². The van der Waals surface area contributed by atoms with Crippen molar-refractivity contribution in [3.8, 4) is 0 Å². The number of aromatic nitrogens is 2. The van der Waals surface area contributed by atoms with Gasteiger partial charge in [-0.15, -0.1) is 22.7 Å². The molecule has 3 heterocycles. The lowest BCUT2D eigenvalue weighted by Gasteiger charge is -2.29. The zero-order valence-corrected chi connectivity index (χ0v) is 17.4. The van der Waals surface area contributed by atoms with Crippen LogP contribution in [0.15, 0.2) is 56.7 Å². The number of amides is 1. The number of carbonyl (C=O) groups excluding carboxylic acids is 2. The van der Waals surface area contributed by atoms with Gasteiger partial charge in [0.2, 0.25) is 5.91 Å². The van der Waals surface area contributed by atoms with E-state index < -0.39 is 5.41 Å². The van der Waals surface area contributed by atoms with E-state index in [2.05, 4.69) is 15.3 Å². The van der Waals surface area contributed by atoms with E-state index in [1.54, 1.807) is 17.3 Å². The first-order valence-corrected chi connectivity index (χ1v) is 10.9. The van der Waals surface area contributed by atoms with Crippen LogP contribution >= 0.6 is 22.7 Å². The van der Waals surface area contributed by atoms with Crippen molar-refractivity contribution in [1.82, 2.24) is 15.3 Å². The molecule has 29 heavy (non-hydrogen) atoms. The Labute approximate surface area is 175 Å². The van der Waals surface area contributed by atoms with Crippen molar-refractivity contribution in [3.63, 3.8) is 0 Å². The highest BCUT2D eigenvalue weighted by atomic mass is 32.1. The molecule has 0 saturated carbocycles. The van der Waals surface area contributed by atoms with Gasteiger partial charge in [0.25, 0.3) is 0 Å². The van der Waals surface area contributed by atoms with Gasteiger partial charge in [-0.3, -0.25) is 9.59 Å². The number of thiazole rings is 2. The number of Topliss-reactive ketones (excluding diaryl/α,β-unsaturated/α-hetero) is 1. The molecular weight excluding hydrogens is 406 g/mol. The Morgan fingerprint density at radius 1 is 1.07 bits per heavy atom. The molecule has 1 N–H and O–H groups in total. The first-order chi connectivity index (χ1) is 14.1. The Kier molecular flexibility index (Phi) is 5.55. The van der Waals surface area contributed by atoms with Crippen LogP contribution in [0.3, 0.4) is 0 Å². The molecular formula is C21H19N3O3S2. The van der Waals surface area contributed by atoms with Crippen molar-refractivity contribution in [2.24, 2.45) is 5.41 Å². The van der Waals surface area contributed by atoms with Crippen LogP contribution in [0.4, 0.5) is 0 Å². The number of hydrogen-bond donors (Lipinski definition) is 1. The molecule has 0 aliphatic rings. The molecule has 0 bridgehead atoms. The maximum absolute atomic E-state index is 13.3. The van der Waals surface area contributed by atoms with E-state index in [4.69, 9.17) is 4.42 Å². The van der Waals surface area contributed by atoms with E-state index in [0.29, 0.717) is 6.54 Å². The van der Waals surface area contributed by atoms with Crippen molar-refractivity contribution in [3.05, 3.63) is 69.3 Å². The van der Waals surface area contributed by atoms with Crippen LogP contribution in [-0.4, -0.2) is 21.7 Å². The Balaban J connectivity index is 1.59. The van der Waals surface area contributed by atoms with Gasteiger partial charge in [0.05, 0.1) is 28.7 Å². The van der Waals surface area contributed by atoms with E-state index in [0.717, 1.165) is 27.9 Å². The third-order valence-electron chi connectivity index (χ3n) is 5.01. The summed E-state index contributed by atoms with van der Waals surface area (Å²) in [5.41, 5.74) is 5.37. The first-order valence-electron chi connectivity index (χ1n) is 9.06. The first kappa shape index (κ1) is 19.5. The summed E-state index contributed by atoms with van der Waals surface area (Å²) in [6, 6.07) is 7.63. The molecule has 0 spiro atoms. The Bertz CT molecular complexity index is 1080. The number of nitrogens with zero attached hydrogens (tertiary/aromatic N) is 2. The van der Waals surface area contributed by atoms with Crippen LogP contribution in [0.1, 0.15) is 23.9 Å². The van der Waals surface area contributed by atoms with Crippen molar-refractivity contribution in [1.29, 1.82) is 0 Å². The van der Waals surface area contributed by atoms with Gasteiger partial charge in [0, 0.05) is 35.5 Å². The SMILES string of the molecule is CC(=O)C(Cc1cscn1)(Cc1cscn1)C(=O)NCc1ccc2occc2c1. The van der Waals surface area contributed by atoms with E-state index in [1.165, 1.54) is 29.6 Å². The van der Waals surface area contributed by atoms with E-state index in [1.807, 2.05) is 35.0 Å². The highest BCUT2D eigenvalue weighted by Crippen LogP contribution is 2.30.